The highest BCUT2D eigenvalue weighted by molar-refractivity contribution is 5.95. The molecule has 6 nitrogen and oxygen atoms in total. The largest absolute Gasteiger partial charge is 0.368 e. The van der Waals surface area contributed by atoms with Crippen LogP contribution in [0.1, 0.15) is 30.1 Å². The van der Waals surface area contributed by atoms with Crippen LogP contribution >= 0.6 is 0 Å². The van der Waals surface area contributed by atoms with Crippen molar-refractivity contribution in [2.75, 3.05) is 25.5 Å². The van der Waals surface area contributed by atoms with Crippen LogP contribution in [0.3, 0.4) is 0 Å². The van der Waals surface area contributed by atoms with E-state index in [1.807, 2.05) is 6.92 Å². The first-order valence-corrected chi connectivity index (χ1v) is 6.47. The summed E-state index contributed by atoms with van der Waals surface area (Å²) in [6.45, 7) is 2.67. The summed E-state index contributed by atoms with van der Waals surface area (Å²) in [6.07, 6.45) is 2.34. The van der Waals surface area contributed by atoms with Gasteiger partial charge in [-0.3, -0.25) is 9.59 Å². The number of hydrogen-bond donors (Lipinski definition) is 3. The smallest absolute Gasteiger partial charge is 0.254 e. The molecule has 0 fully saturated rings. The van der Waals surface area contributed by atoms with Gasteiger partial charge in [0.15, 0.2) is 11.6 Å². The fraction of sp³-hybridized carbons (Fsp3) is 0.462. The van der Waals surface area contributed by atoms with E-state index in [1.54, 1.807) is 0 Å². The zero-order chi connectivity index (χ0) is 15.0. The second kappa shape index (κ2) is 8.08. The van der Waals surface area contributed by atoms with E-state index in [-0.39, 0.29) is 30.3 Å². The Labute approximate surface area is 117 Å². The van der Waals surface area contributed by atoms with E-state index in [9.17, 15) is 14.0 Å². The van der Waals surface area contributed by atoms with Crippen molar-refractivity contribution in [3.8, 4) is 0 Å². The van der Waals surface area contributed by atoms with Crippen LogP contribution in [0, 0.1) is 5.82 Å². The fourth-order valence-corrected chi connectivity index (χ4v) is 1.50. The van der Waals surface area contributed by atoms with E-state index >= 15 is 0 Å². The third-order valence-corrected chi connectivity index (χ3v) is 2.59. The van der Waals surface area contributed by atoms with Gasteiger partial charge >= 0.3 is 0 Å². The van der Waals surface area contributed by atoms with Crippen molar-refractivity contribution >= 4 is 17.6 Å². The number of nitrogens with zero attached hydrogens (tertiary/aromatic N) is 1. The summed E-state index contributed by atoms with van der Waals surface area (Å²) in [4.78, 5) is 26.7. The SMILES string of the molecule is CCCNc1nccc(C(=O)NCCC(=O)NC)c1F. The predicted octanol–water partition coefficient (Wildman–Crippen LogP) is 0.908. The van der Waals surface area contributed by atoms with Crippen LogP contribution in [0.4, 0.5) is 10.2 Å². The van der Waals surface area contributed by atoms with Crippen molar-refractivity contribution < 1.29 is 14.0 Å². The number of carbonyl (C=O) groups is 2. The van der Waals surface area contributed by atoms with Crippen LogP contribution in [0.15, 0.2) is 12.3 Å². The lowest BCUT2D eigenvalue weighted by atomic mass is 10.2. The number of carbonyl (C=O) groups excluding carboxylic acids is 2. The first-order chi connectivity index (χ1) is 9.60. The van der Waals surface area contributed by atoms with Crippen molar-refractivity contribution in [2.24, 2.45) is 0 Å². The van der Waals surface area contributed by atoms with Crippen molar-refractivity contribution in [1.82, 2.24) is 15.6 Å². The second-order valence-electron chi connectivity index (χ2n) is 4.13. The molecule has 0 aliphatic carbocycles. The number of pyridine rings is 1. The van der Waals surface area contributed by atoms with Gasteiger partial charge in [-0.25, -0.2) is 9.37 Å². The Kier molecular flexibility index (Phi) is 6.42. The summed E-state index contributed by atoms with van der Waals surface area (Å²) in [5.41, 5.74) is -0.0875. The molecule has 0 aliphatic rings. The molecule has 0 spiro atoms. The minimum absolute atomic E-state index is 0.0609. The average molecular weight is 282 g/mol. The Balaban J connectivity index is 2.65. The molecule has 0 unspecified atom stereocenters. The first kappa shape index (κ1) is 15.9. The Bertz CT molecular complexity index is 479. The minimum atomic E-state index is -0.682. The molecular formula is C13H19FN4O2. The summed E-state index contributed by atoms with van der Waals surface area (Å²) >= 11 is 0. The maximum atomic E-state index is 14.0. The molecule has 1 heterocycles. The summed E-state index contributed by atoms with van der Waals surface area (Å²) in [5.74, 6) is -1.37. The number of anilines is 1. The summed E-state index contributed by atoms with van der Waals surface area (Å²) < 4.78 is 14.0. The van der Waals surface area contributed by atoms with Crippen molar-refractivity contribution in [1.29, 1.82) is 0 Å². The molecule has 0 aliphatic heterocycles. The normalized spacial score (nSPS) is 9.95. The molecule has 110 valence electrons. The molecule has 20 heavy (non-hydrogen) atoms. The van der Waals surface area contributed by atoms with Crippen LogP contribution < -0.4 is 16.0 Å². The monoisotopic (exact) mass is 282 g/mol. The topological polar surface area (TPSA) is 83.1 Å². The number of amides is 2. The van der Waals surface area contributed by atoms with Gasteiger partial charge in [0.1, 0.15) is 0 Å². The Hall–Kier alpha value is -2.18. The van der Waals surface area contributed by atoms with Gasteiger partial charge < -0.3 is 16.0 Å². The summed E-state index contributed by atoms with van der Waals surface area (Å²) in [6, 6.07) is 1.31. The highest BCUT2D eigenvalue weighted by Gasteiger charge is 2.15. The van der Waals surface area contributed by atoms with Crippen LogP contribution in [-0.2, 0) is 4.79 Å². The van der Waals surface area contributed by atoms with Crippen LogP contribution in [-0.4, -0.2) is 36.9 Å². The molecule has 0 bridgehead atoms. The minimum Gasteiger partial charge on any atom is -0.368 e. The van der Waals surface area contributed by atoms with Gasteiger partial charge in [0.2, 0.25) is 5.91 Å². The van der Waals surface area contributed by atoms with Crippen molar-refractivity contribution in [2.45, 2.75) is 19.8 Å². The molecule has 1 rings (SSSR count). The van der Waals surface area contributed by atoms with Crippen molar-refractivity contribution in [3.63, 3.8) is 0 Å². The Morgan fingerprint density at radius 3 is 2.75 bits per heavy atom. The zero-order valence-electron chi connectivity index (χ0n) is 11.6. The lowest BCUT2D eigenvalue weighted by molar-refractivity contribution is -0.120. The van der Waals surface area contributed by atoms with Gasteiger partial charge in [-0.15, -0.1) is 0 Å². The van der Waals surface area contributed by atoms with Gasteiger partial charge in [0.05, 0.1) is 5.56 Å². The molecule has 1 aromatic heterocycles. The second-order valence-corrected chi connectivity index (χ2v) is 4.13. The number of rotatable bonds is 7. The molecule has 0 atom stereocenters. The maximum Gasteiger partial charge on any atom is 0.254 e. The van der Waals surface area contributed by atoms with E-state index in [0.717, 1.165) is 6.42 Å². The molecule has 0 saturated carbocycles. The third kappa shape index (κ3) is 4.49. The average Bonchev–Trinajstić information content (AvgIpc) is 2.45. The third-order valence-electron chi connectivity index (χ3n) is 2.59. The standard InChI is InChI=1S/C13H19FN4O2/c1-3-6-16-12-11(14)9(4-7-17-12)13(20)18-8-5-10(19)15-2/h4,7H,3,5-6,8H2,1-2H3,(H,15,19)(H,16,17)(H,18,20). The molecule has 3 N–H and O–H groups in total. The van der Waals surface area contributed by atoms with E-state index in [2.05, 4.69) is 20.9 Å². The fourth-order valence-electron chi connectivity index (χ4n) is 1.50. The zero-order valence-corrected chi connectivity index (χ0v) is 11.6. The number of halogens is 1. The lowest BCUT2D eigenvalue weighted by Gasteiger charge is -2.09. The maximum absolute atomic E-state index is 14.0. The molecule has 0 radical (unpaired) electrons. The molecule has 0 aromatic carbocycles. The van der Waals surface area contributed by atoms with Crippen LogP contribution in [0.2, 0.25) is 0 Å². The Morgan fingerprint density at radius 1 is 1.35 bits per heavy atom. The molecule has 7 heteroatoms. The van der Waals surface area contributed by atoms with E-state index < -0.39 is 11.7 Å². The molecular weight excluding hydrogens is 263 g/mol. The van der Waals surface area contributed by atoms with Gasteiger partial charge in [-0.05, 0) is 12.5 Å². The van der Waals surface area contributed by atoms with E-state index in [4.69, 9.17) is 0 Å². The van der Waals surface area contributed by atoms with Crippen molar-refractivity contribution in [3.05, 3.63) is 23.6 Å². The number of aromatic nitrogens is 1. The summed E-state index contributed by atoms with van der Waals surface area (Å²) in [5, 5.41) is 7.74. The van der Waals surface area contributed by atoms with Gasteiger partial charge in [0, 0.05) is 32.8 Å². The highest BCUT2D eigenvalue weighted by atomic mass is 19.1. The molecule has 1 aromatic rings. The quantitative estimate of drug-likeness (QED) is 0.694. The molecule has 0 saturated heterocycles. The predicted molar refractivity (Wildman–Crippen MR) is 74.0 cm³/mol. The van der Waals surface area contributed by atoms with Crippen LogP contribution in [0.5, 0.6) is 0 Å². The van der Waals surface area contributed by atoms with E-state index in [1.165, 1.54) is 19.3 Å². The van der Waals surface area contributed by atoms with Gasteiger partial charge in [-0.2, -0.15) is 0 Å². The van der Waals surface area contributed by atoms with Gasteiger partial charge in [0.25, 0.3) is 5.91 Å². The van der Waals surface area contributed by atoms with E-state index in [0.29, 0.717) is 6.54 Å². The summed E-state index contributed by atoms with van der Waals surface area (Å²) in [7, 11) is 1.51. The number of nitrogens with one attached hydrogen (secondary N) is 3. The molecule has 2 amide bonds. The first-order valence-electron chi connectivity index (χ1n) is 6.47. The van der Waals surface area contributed by atoms with Gasteiger partial charge in [-0.1, -0.05) is 6.92 Å². The highest BCUT2D eigenvalue weighted by Crippen LogP contribution is 2.14. The lowest BCUT2D eigenvalue weighted by Crippen LogP contribution is -2.30. The Morgan fingerprint density at radius 2 is 2.10 bits per heavy atom. The van der Waals surface area contributed by atoms with Crippen LogP contribution in [0.25, 0.3) is 0 Å². The number of hydrogen-bond acceptors (Lipinski definition) is 4.